The summed E-state index contributed by atoms with van der Waals surface area (Å²) in [6, 6.07) is 11.6. The molecule has 0 aliphatic carbocycles. The Morgan fingerprint density at radius 3 is 2.70 bits per heavy atom. The summed E-state index contributed by atoms with van der Waals surface area (Å²) in [7, 11) is 1.62. The summed E-state index contributed by atoms with van der Waals surface area (Å²) in [6.45, 7) is 4.43. The van der Waals surface area contributed by atoms with E-state index >= 15 is 0 Å². The Labute approximate surface area is 182 Å². The number of anilines is 1. The number of hydrogen-bond donors (Lipinski definition) is 0. The average molecular weight is 511 g/mol. The Hall–Kier alpha value is -1.58. The van der Waals surface area contributed by atoms with Crippen LogP contribution in [-0.4, -0.2) is 23.9 Å². The third kappa shape index (κ3) is 4.14. The molecule has 3 rings (SSSR count). The van der Waals surface area contributed by atoms with E-state index in [0.29, 0.717) is 27.3 Å². The van der Waals surface area contributed by atoms with Gasteiger partial charge in [-0.25, -0.2) is 0 Å². The van der Waals surface area contributed by atoms with Gasteiger partial charge >= 0.3 is 0 Å². The molecule has 0 saturated carbocycles. The molecule has 1 aliphatic heterocycles. The minimum atomic E-state index is -0.108. The van der Waals surface area contributed by atoms with Crippen LogP contribution in [0.3, 0.4) is 0 Å². The molecule has 27 heavy (non-hydrogen) atoms. The number of ether oxygens (including phenoxy) is 2. The standard InChI is InChI=1S/C20H18INO3S2/c1-4-25-16-10-13(9-14(21)18(16)24-3)11-17-19(23)22(20(26)27-17)15-8-6-5-7-12(15)2/h5-11H,4H2,1-3H3/b17-11+. The molecular formula is C20H18INO3S2. The van der Waals surface area contributed by atoms with E-state index in [1.165, 1.54) is 11.8 Å². The first-order chi connectivity index (χ1) is 13.0. The van der Waals surface area contributed by atoms with Crippen molar-refractivity contribution in [3.63, 3.8) is 0 Å². The van der Waals surface area contributed by atoms with Gasteiger partial charge in [-0.15, -0.1) is 0 Å². The normalized spacial score (nSPS) is 15.6. The first-order valence-electron chi connectivity index (χ1n) is 8.30. The number of amides is 1. The quantitative estimate of drug-likeness (QED) is 0.305. The highest BCUT2D eigenvalue weighted by Crippen LogP contribution is 2.39. The van der Waals surface area contributed by atoms with Gasteiger partial charge in [-0.1, -0.05) is 42.2 Å². The number of nitrogens with zero attached hydrogens (tertiary/aromatic N) is 1. The fraction of sp³-hybridized carbons (Fsp3) is 0.200. The molecule has 0 radical (unpaired) electrons. The lowest BCUT2D eigenvalue weighted by Crippen LogP contribution is -2.28. The van der Waals surface area contributed by atoms with Crippen molar-refractivity contribution < 1.29 is 14.3 Å². The first-order valence-corrected chi connectivity index (χ1v) is 10.6. The maximum Gasteiger partial charge on any atom is 0.270 e. The molecule has 140 valence electrons. The molecule has 2 aromatic carbocycles. The highest BCUT2D eigenvalue weighted by Gasteiger charge is 2.34. The Morgan fingerprint density at radius 2 is 2.04 bits per heavy atom. The number of aryl methyl sites for hydroxylation is 1. The van der Waals surface area contributed by atoms with E-state index in [4.69, 9.17) is 21.7 Å². The molecule has 0 spiro atoms. The molecule has 1 fully saturated rings. The van der Waals surface area contributed by atoms with E-state index in [9.17, 15) is 4.79 Å². The van der Waals surface area contributed by atoms with Crippen LogP contribution in [0.4, 0.5) is 5.69 Å². The number of hydrogen-bond acceptors (Lipinski definition) is 5. The summed E-state index contributed by atoms with van der Waals surface area (Å²) >= 11 is 8.98. The smallest absolute Gasteiger partial charge is 0.270 e. The van der Waals surface area contributed by atoms with E-state index < -0.39 is 0 Å². The lowest BCUT2D eigenvalue weighted by molar-refractivity contribution is -0.113. The highest BCUT2D eigenvalue weighted by molar-refractivity contribution is 14.1. The van der Waals surface area contributed by atoms with Crippen LogP contribution in [0, 0.1) is 10.5 Å². The zero-order chi connectivity index (χ0) is 19.6. The second kappa shape index (κ2) is 8.62. The molecule has 1 aliphatic rings. The van der Waals surface area contributed by atoms with Crippen LogP contribution in [0.15, 0.2) is 41.3 Å². The van der Waals surface area contributed by atoms with Gasteiger partial charge in [-0.2, -0.15) is 0 Å². The summed E-state index contributed by atoms with van der Waals surface area (Å²) in [5.74, 6) is 1.25. The second-order valence-corrected chi connectivity index (χ2v) is 8.61. The summed E-state index contributed by atoms with van der Waals surface area (Å²) in [6.07, 6.45) is 1.85. The molecule has 1 heterocycles. The summed E-state index contributed by atoms with van der Waals surface area (Å²) < 4.78 is 12.6. The van der Waals surface area contributed by atoms with E-state index in [1.807, 2.05) is 56.3 Å². The number of carbonyl (C=O) groups excluding carboxylic acids is 1. The van der Waals surface area contributed by atoms with Gasteiger partial charge in [0.1, 0.15) is 0 Å². The molecule has 0 atom stereocenters. The van der Waals surface area contributed by atoms with Crippen LogP contribution < -0.4 is 14.4 Å². The topological polar surface area (TPSA) is 38.8 Å². The van der Waals surface area contributed by atoms with Crippen LogP contribution in [0.5, 0.6) is 11.5 Å². The summed E-state index contributed by atoms with van der Waals surface area (Å²) in [5, 5.41) is 0. The minimum Gasteiger partial charge on any atom is -0.492 e. The molecule has 0 bridgehead atoms. The minimum absolute atomic E-state index is 0.108. The molecule has 7 heteroatoms. The molecule has 4 nitrogen and oxygen atoms in total. The van der Waals surface area contributed by atoms with Gasteiger partial charge in [0.15, 0.2) is 15.8 Å². The zero-order valence-electron chi connectivity index (χ0n) is 15.1. The van der Waals surface area contributed by atoms with Gasteiger partial charge in [0.25, 0.3) is 5.91 Å². The number of thiocarbonyl (C=S) groups is 1. The van der Waals surface area contributed by atoms with Gasteiger partial charge in [0.05, 0.1) is 27.9 Å². The van der Waals surface area contributed by atoms with E-state index in [0.717, 1.165) is 20.4 Å². The zero-order valence-corrected chi connectivity index (χ0v) is 18.9. The van der Waals surface area contributed by atoms with Crippen molar-refractivity contribution in [1.29, 1.82) is 0 Å². The summed E-state index contributed by atoms with van der Waals surface area (Å²) in [4.78, 5) is 15.2. The van der Waals surface area contributed by atoms with Crippen LogP contribution in [0.25, 0.3) is 6.08 Å². The van der Waals surface area contributed by atoms with Gasteiger partial charge in [-0.05, 0) is 71.8 Å². The van der Waals surface area contributed by atoms with Gasteiger partial charge in [0, 0.05) is 0 Å². The molecule has 1 saturated heterocycles. The molecule has 0 aromatic heterocycles. The number of thioether (sulfide) groups is 1. The van der Waals surface area contributed by atoms with Crippen molar-refractivity contribution in [3.05, 3.63) is 56.0 Å². The number of benzene rings is 2. The van der Waals surface area contributed by atoms with Crippen LogP contribution in [0.2, 0.25) is 0 Å². The van der Waals surface area contributed by atoms with E-state index in [2.05, 4.69) is 22.6 Å². The maximum absolute atomic E-state index is 13.0. The van der Waals surface area contributed by atoms with Crippen LogP contribution in [-0.2, 0) is 4.79 Å². The Balaban J connectivity index is 1.98. The predicted molar refractivity (Wildman–Crippen MR) is 124 cm³/mol. The summed E-state index contributed by atoms with van der Waals surface area (Å²) in [5.41, 5.74) is 2.70. The SMILES string of the molecule is CCOc1cc(/C=C2/SC(=S)N(c3ccccc3C)C2=O)cc(I)c1OC. The van der Waals surface area contributed by atoms with Crippen LogP contribution in [0.1, 0.15) is 18.1 Å². The van der Waals surface area contributed by atoms with Gasteiger partial charge in [0.2, 0.25) is 0 Å². The Bertz CT molecular complexity index is 943. The molecule has 0 N–H and O–H groups in total. The van der Waals surface area contributed by atoms with E-state index in [1.54, 1.807) is 12.0 Å². The van der Waals surface area contributed by atoms with Gasteiger partial charge < -0.3 is 9.47 Å². The second-order valence-electron chi connectivity index (χ2n) is 5.77. The largest absolute Gasteiger partial charge is 0.492 e. The van der Waals surface area contributed by atoms with Crippen molar-refractivity contribution in [2.45, 2.75) is 13.8 Å². The van der Waals surface area contributed by atoms with Crippen LogP contribution >= 0.6 is 46.6 Å². The first kappa shape index (κ1) is 20.2. The van der Waals surface area contributed by atoms with Crippen molar-refractivity contribution in [1.82, 2.24) is 0 Å². The van der Waals surface area contributed by atoms with Crippen molar-refractivity contribution in [2.24, 2.45) is 0 Å². The third-order valence-corrected chi connectivity index (χ3v) is 6.09. The van der Waals surface area contributed by atoms with Crippen molar-refractivity contribution in [3.8, 4) is 11.5 Å². The van der Waals surface area contributed by atoms with Crippen molar-refractivity contribution in [2.75, 3.05) is 18.6 Å². The molecule has 0 unspecified atom stereocenters. The number of rotatable bonds is 5. The highest BCUT2D eigenvalue weighted by atomic mass is 127. The van der Waals surface area contributed by atoms with E-state index in [-0.39, 0.29) is 5.91 Å². The lowest BCUT2D eigenvalue weighted by atomic mass is 10.1. The van der Waals surface area contributed by atoms with Crippen molar-refractivity contribution >= 4 is 68.6 Å². The molecule has 1 amide bonds. The number of halogens is 1. The monoisotopic (exact) mass is 511 g/mol. The molecule has 2 aromatic rings. The predicted octanol–water partition coefficient (Wildman–Crippen LogP) is 5.41. The maximum atomic E-state index is 13.0. The Morgan fingerprint density at radius 1 is 1.30 bits per heavy atom. The van der Waals surface area contributed by atoms with Gasteiger partial charge in [-0.3, -0.25) is 9.69 Å². The number of carbonyl (C=O) groups is 1. The average Bonchev–Trinajstić information content (AvgIpc) is 2.89. The fourth-order valence-electron chi connectivity index (χ4n) is 2.77. The fourth-order valence-corrected chi connectivity index (χ4v) is 4.90. The number of para-hydroxylation sites is 1. The Kier molecular flexibility index (Phi) is 6.44. The third-order valence-electron chi connectivity index (χ3n) is 3.98. The lowest BCUT2D eigenvalue weighted by Gasteiger charge is -2.16. The number of methoxy groups -OCH3 is 1. The molecular weight excluding hydrogens is 493 g/mol.